The van der Waals surface area contributed by atoms with Crippen molar-refractivity contribution in [3.63, 3.8) is 0 Å². The van der Waals surface area contributed by atoms with Crippen LogP contribution in [0.25, 0.3) is 0 Å². The molecule has 0 spiro atoms. The largest absolute Gasteiger partial charge is 0.384 e. The molecule has 1 aliphatic rings. The van der Waals surface area contributed by atoms with E-state index in [1.165, 1.54) is 0 Å². The Bertz CT molecular complexity index is 574. The molecule has 0 aromatic heterocycles. The molecule has 1 saturated heterocycles. The van der Waals surface area contributed by atoms with Gasteiger partial charge in [-0.15, -0.1) is 0 Å². The molecule has 2 atom stereocenters. The first-order chi connectivity index (χ1) is 9.52. The lowest BCUT2D eigenvalue weighted by molar-refractivity contribution is 0.0744. The number of rotatable bonds is 1. The van der Waals surface area contributed by atoms with Gasteiger partial charge in [-0.25, -0.2) is 0 Å². The van der Waals surface area contributed by atoms with Crippen molar-refractivity contribution in [2.45, 2.75) is 26.3 Å². The van der Waals surface area contributed by atoms with Gasteiger partial charge in [-0.1, -0.05) is 30.4 Å². The molecule has 1 fully saturated rings. The van der Waals surface area contributed by atoms with Gasteiger partial charge in [0.2, 0.25) is 0 Å². The summed E-state index contributed by atoms with van der Waals surface area (Å²) in [5, 5.41) is 9.12. The van der Waals surface area contributed by atoms with Crippen molar-refractivity contribution in [2.24, 2.45) is 5.92 Å². The number of hydrogen-bond acceptors (Lipinski definition) is 2. The Labute approximate surface area is 124 Å². The molecule has 1 amide bonds. The van der Waals surface area contributed by atoms with Crippen LogP contribution in [0.3, 0.4) is 0 Å². The van der Waals surface area contributed by atoms with Gasteiger partial charge >= 0.3 is 0 Å². The summed E-state index contributed by atoms with van der Waals surface area (Å²) in [6.45, 7) is 4.82. The summed E-state index contributed by atoms with van der Waals surface area (Å²) in [6, 6.07) is 5.39. The fraction of sp³-hybridized carbons (Fsp3) is 0.438. The smallest absolute Gasteiger partial charge is 0.254 e. The minimum Gasteiger partial charge on any atom is -0.384 e. The normalized spacial score (nSPS) is 21.5. The molecule has 0 saturated carbocycles. The third-order valence-electron chi connectivity index (χ3n) is 3.56. The number of carbonyl (C=O) groups excluding carboxylic acids is 1. The van der Waals surface area contributed by atoms with Crippen LogP contribution in [-0.2, 0) is 0 Å². The molecule has 4 heteroatoms. The number of likely N-dealkylation sites (tertiary alicyclic amines) is 1. The lowest BCUT2D eigenvalue weighted by Crippen LogP contribution is -2.33. The average molecular weight is 292 g/mol. The zero-order valence-corrected chi connectivity index (χ0v) is 12.4. The van der Waals surface area contributed by atoms with Gasteiger partial charge in [-0.3, -0.25) is 4.79 Å². The van der Waals surface area contributed by atoms with E-state index >= 15 is 0 Å². The van der Waals surface area contributed by atoms with E-state index in [1.54, 1.807) is 18.2 Å². The van der Waals surface area contributed by atoms with Crippen LogP contribution in [0.5, 0.6) is 0 Å². The van der Waals surface area contributed by atoms with E-state index < -0.39 is 0 Å². The third kappa shape index (κ3) is 3.15. The summed E-state index contributed by atoms with van der Waals surface area (Å²) in [4.78, 5) is 14.4. The minimum atomic E-state index is -0.208. The Morgan fingerprint density at radius 1 is 1.50 bits per heavy atom. The molecule has 1 aliphatic heterocycles. The Balaban J connectivity index is 2.21. The second-order valence-electron chi connectivity index (χ2n) is 5.30. The van der Waals surface area contributed by atoms with Gasteiger partial charge in [-0.05, 0) is 37.5 Å². The van der Waals surface area contributed by atoms with Crippen molar-refractivity contribution in [1.82, 2.24) is 4.90 Å². The molecular weight excluding hydrogens is 274 g/mol. The quantitative estimate of drug-likeness (QED) is 0.808. The molecule has 1 aromatic carbocycles. The zero-order chi connectivity index (χ0) is 14.7. The SMILES string of the molecule is CC1CC(C)N(C(=O)c2ccc(C#CCO)c(Cl)c2)C1. The van der Waals surface area contributed by atoms with Gasteiger partial charge in [0.25, 0.3) is 5.91 Å². The molecule has 0 aliphatic carbocycles. The van der Waals surface area contributed by atoms with Crippen LogP contribution in [0.2, 0.25) is 5.02 Å². The number of nitrogens with zero attached hydrogens (tertiary/aromatic N) is 1. The monoisotopic (exact) mass is 291 g/mol. The first kappa shape index (κ1) is 14.9. The fourth-order valence-electron chi connectivity index (χ4n) is 2.63. The van der Waals surface area contributed by atoms with Gasteiger partial charge in [0.1, 0.15) is 6.61 Å². The number of benzene rings is 1. The topological polar surface area (TPSA) is 40.5 Å². The van der Waals surface area contributed by atoms with Crippen LogP contribution < -0.4 is 0 Å². The molecular formula is C16H18ClNO2. The number of aliphatic hydroxyl groups is 1. The summed E-state index contributed by atoms with van der Waals surface area (Å²) < 4.78 is 0. The molecule has 1 aromatic rings. The Hall–Kier alpha value is -1.50. The third-order valence-corrected chi connectivity index (χ3v) is 3.88. The maximum Gasteiger partial charge on any atom is 0.254 e. The van der Waals surface area contributed by atoms with E-state index in [0.29, 0.717) is 22.1 Å². The number of halogens is 1. The Kier molecular flexibility index (Phi) is 4.69. The molecule has 0 radical (unpaired) electrons. The van der Waals surface area contributed by atoms with Crippen LogP contribution in [0.4, 0.5) is 0 Å². The predicted molar refractivity (Wildman–Crippen MR) is 79.7 cm³/mol. The highest BCUT2D eigenvalue weighted by molar-refractivity contribution is 6.32. The Morgan fingerprint density at radius 2 is 2.25 bits per heavy atom. The predicted octanol–water partition coefficient (Wildman–Crippen LogP) is 2.55. The highest BCUT2D eigenvalue weighted by Crippen LogP contribution is 2.25. The number of amides is 1. The van der Waals surface area contributed by atoms with Gasteiger partial charge in [-0.2, -0.15) is 0 Å². The number of aliphatic hydroxyl groups excluding tert-OH is 1. The van der Waals surface area contributed by atoms with Crippen molar-refractivity contribution in [1.29, 1.82) is 0 Å². The minimum absolute atomic E-state index is 0.0189. The summed E-state index contributed by atoms with van der Waals surface area (Å²) in [6.07, 6.45) is 1.04. The molecule has 0 bridgehead atoms. The summed E-state index contributed by atoms with van der Waals surface area (Å²) in [7, 11) is 0. The fourth-order valence-corrected chi connectivity index (χ4v) is 2.86. The van der Waals surface area contributed by atoms with Crippen LogP contribution in [0.15, 0.2) is 18.2 Å². The van der Waals surface area contributed by atoms with E-state index in [2.05, 4.69) is 25.7 Å². The van der Waals surface area contributed by atoms with Crippen LogP contribution >= 0.6 is 11.6 Å². The first-order valence-electron chi connectivity index (χ1n) is 6.73. The summed E-state index contributed by atoms with van der Waals surface area (Å²) in [5.74, 6) is 5.86. The van der Waals surface area contributed by atoms with E-state index in [0.717, 1.165) is 13.0 Å². The second-order valence-corrected chi connectivity index (χ2v) is 5.71. The molecule has 1 N–H and O–H groups in total. The van der Waals surface area contributed by atoms with Crippen molar-refractivity contribution in [3.8, 4) is 11.8 Å². The van der Waals surface area contributed by atoms with Gasteiger partial charge in [0, 0.05) is 23.7 Å². The number of carbonyl (C=O) groups is 1. The lowest BCUT2D eigenvalue weighted by Gasteiger charge is -2.21. The van der Waals surface area contributed by atoms with Gasteiger partial charge in [0.15, 0.2) is 0 Å². The van der Waals surface area contributed by atoms with E-state index in [-0.39, 0.29) is 18.6 Å². The number of hydrogen-bond donors (Lipinski definition) is 1. The molecule has 2 unspecified atom stereocenters. The molecule has 2 rings (SSSR count). The van der Waals surface area contributed by atoms with Crippen molar-refractivity contribution in [3.05, 3.63) is 34.3 Å². The molecule has 20 heavy (non-hydrogen) atoms. The van der Waals surface area contributed by atoms with Crippen LogP contribution in [-0.4, -0.2) is 35.1 Å². The molecule has 106 valence electrons. The van der Waals surface area contributed by atoms with Gasteiger partial charge < -0.3 is 10.0 Å². The van der Waals surface area contributed by atoms with E-state index in [1.807, 2.05) is 4.90 Å². The van der Waals surface area contributed by atoms with Gasteiger partial charge in [0.05, 0.1) is 5.02 Å². The summed E-state index contributed by atoms with van der Waals surface area (Å²) in [5.41, 5.74) is 1.21. The maximum absolute atomic E-state index is 12.5. The highest BCUT2D eigenvalue weighted by Gasteiger charge is 2.30. The molecule has 3 nitrogen and oxygen atoms in total. The van der Waals surface area contributed by atoms with Crippen molar-refractivity contribution >= 4 is 17.5 Å². The first-order valence-corrected chi connectivity index (χ1v) is 7.11. The average Bonchev–Trinajstić information content (AvgIpc) is 2.75. The molecule has 1 heterocycles. The van der Waals surface area contributed by atoms with Crippen molar-refractivity contribution < 1.29 is 9.90 Å². The second kappa shape index (κ2) is 6.30. The van der Waals surface area contributed by atoms with Crippen LogP contribution in [0, 0.1) is 17.8 Å². The van der Waals surface area contributed by atoms with Crippen LogP contribution in [0.1, 0.15) is 36.2 Å². The standard InChI is InChI=1S/C16H18ClNO2/c1-11-8-12(2)18(10-11)16(20)14-6-5-13(4-3-7-19)15(17)9-14/h5-6,9,11-12,19H,7-8,10H2,1-2H3. The summed E-state index contributed by atoms with van der Waals surface area (Å²) >= 11 is 6.13. The van der Waals surface area contributed by atoms with E-state index in [9.17, 15) is 4.79 Å². The van der Waals surface area contributed by atoms with E-state index in [4.69, 9.17) is 16.7 Å². The Morgan fingerprint density at radius 3 is 2.80 bits per heavy atom. The van der Waals surface area contributed by atoms with Crippen molar-refractivity contribution in [2.75, 3.05) is 13.2 Å². The zero-order valence-electron chi connectivity index (χ0n) is 11.7. The highest BCUT2D eigenvalue weighted by atomic mass is 35.5. The lowest BCUT2D eigenvalue weighted by atomic mass is 10.1. The maximum atomic E-state index is 12.5.